The van der Waals surface area contributed by atoms with Gasteiger partial charge in [0.1, 0.15) is 0 Å². The molecule has 14 heavy (non-hydrogen) atoms. The molecule has 0 fully saturated rings. The minimum absolute atomic E-state index is 0.454. The third-order valence-electron chi connectivity index (χ3n) is 1.93. The summed E-state index contributed by atoms with van der Waals surface area (Å²) in [5.41, 5.74) is 9.34. The van der Waals surface area contributed by atoms with Crippen LogP contribution >= 0.6 is 0 Å². The molecule has 0 saturated carbocycles. The highest BCUT2D eigenvalue weighted by Gasteiger charge is 2.14. The fourth-order valence-electron chi connectivity index (χ4n) is 1.30. The number of hydrogen-bond acceptors (Lipinski definition) is 4. The van der Waals surface area contributed by atoms with E-state index in [1.165, 1.54) is 0 Å². The Balaban J connectivity index is 2.40. The predicted molar refractivity (Wildman–Crippen MR) is 53.9 cm³/mol. The second-order valence-electron chi connectivity index (χ2n) is 2.85. The van der Waals surface area contributed by atoms with Crippen LogP contribution in [0.2, 0.25) is 0 Å². The molecule has 2 rings (SSSR count). The summed E-state index contributed by atoms with van der Waals surface area (Å²) in [7, 11) is 0. The minimum atomic E-state index is -0.454. The second kappa shape index (κ2) is 3.47. The number of hydrazone groups is 1. The molecule has 0 aliphatic carbocycles. The molecule has 5 heteroatoms. The van der Waals surface area contributed by atoms with E-state index < -0.39 is 5.91 Å². The van der Waals surface area contributed by atoms with Crippen LogP contribution in [-0.4, -0.2) is 18.7 Å². The van der Waals surface area contributed by atoms with Gasteiger partial charge in [-0.3, -0.25) is 4.79 Å². The summed E-state index contributed by atoms with van der Waals surface area (Å²) in [6, 6.07) is 7.06. The van der Waals surface area contributed by atoms with Gasteiger partial charge in [0.15, 0.2) is 0 Å². The molecule has 1 heterocycles. The molecule has 1 aromatic rings. The zero-order valence-electron chi connectivity index (χ0n) is 7.47. The number of benzene rings is 1. The highest BCUT2D eigenvalue weighted by molar-refractivity contribution is 5.98. The lowest BCUT2D eigenvalue weighted by Gasteiger charge is -2.16. The molecule has 3 N–H and O–H groups in total. The first kappa shape index (κ1) is 8.71. The number of rotatable bonds is 2. The smallest absolute Gasteiger partial charge is 0.250 e. The lowest BCUT2D eigenvalue weighted by Crippen LogP contribution is -2.30. The molecular weight excluding hydrogens is 180 g/mol. The van der Waals surface area contributed by atoms with E-state index in [1.807, 2.05) is 6.07 Å². The van der Waals surface area contributed by atoms with Crippen molar-refractivity contribution >= 4 is 17.8 Å². The molecule has 0 aromatic heterocycles. The molecule has 5 nitrogen and oxygen atoms in total. The summed E-state index contributed by atoms with van der Waals surface area (Å²) in [6.07, 6.45) is 1.72. The molecular formula is C9H10N4O. The van der Waals surface area contributed by atoms with Crippen molar-refractivity contribution < 1.29 is 4.79 Å². The number of carbonyl (C=O) groups is 1. The quantitative estimate of drug-likeness (QED) is 0.694. The summed E-state index contributed by atoms with van der Waals surface area (Å²) in [5.74, 6) is -0.454. The molecule has 0 saturated heterocycles. The van der Waals surface area contributed by atoms with Crippen LogP contribution in [0.25, 0.3) is 0 Å². The molecule has 1 amide bonds. The monoisotopic (exact) mass is 190 g/mol. The van der Waals surface area contributed by atoms with Crippen LogP contribution in [0.3, 0.4) is 0 Å². The Morgan fingerprint density at radius 1 is 1.50 bits per heavy atom. The van der Waals surface area contributed by atoms with Crippen molar-refractivity contribution in [3.8, 4) is 0 Å². The van der Waals surface area contributed by atoms with E-state index >= 15 is 0 Å². The van der Waals surface area contributed by atoms with E-state index in [0.29, 0.717) is 17.8 Å². The summed E-state index contributed by atoms with van der Waals surface area (Å²) in [4.78, 5) is 11.1. The van der Waals surface area contributed by atoms with Crippen LogP contribution < -0.4 is 16.3 Å². The Kier molecular flexibility index (Phi) is 2.16. The molecule has 0 bridgehead atoms. The Morgan fingerprint density at radius 2 is 2.29 bits per heavy atom. The van der Waals surface area contributed by atoms with Crippen LogP contribution in [0.4, 0.5) is 5.69 Å². The van der Waals surface area contributed by atoms with Crippen molar-refractivity contribution in [2.45, 2.75) is 0 Å². The maximum absolute atomic E-state index is 11.1. The largest absolute Gasteiger partial charge is 0.366 e. The molecule has 1 aromatic carbocycles. The number of anilines is 1. The second-order valence-corrected chi connectivity index (χ2v) is 2.85. The molecule has 72 valence electrons. The summed E-state index contributed by atoms with van der Waals surface area (Å²) in [5, 5.41) is 5.58. The van der Waals surface area contributed by atoms with Gasteiger partial charge in [-0.05, 0) is 12.1 Å². The Hall–Kier alpha value is -1.88. The molecule has 0 unspecified atom stereocenters. The van der Waals surface area contributed by atoms with Crippen molar-refractivity contribution in [3.63, 3.8) is 0 Å². The number of hydrazine groups is 1. The SMILES string of the molecule is NC(=O)c1ccccc1N1N=CCN1. The van der Waals surface area contributed by atoms with Gasteiger partial charge in [0.2, 0.25) is 0 Å². The van der Waals surface area contributed by atoms with Crippen LogP contribution in [0.5, 0.6) is 0 Å². The Labute approximate surface area is 81.2 Å². The van der Waals surface area contributed by atoms with Crippen molar-refractivity contribution in [1.29, 1.82) is 0 Å². The fraction of sp³-hybridized carbons (Fsp3) is 0.111. The summed E-state index contributed by atoms with van der Waals surface area (Å²) >= 11 is 0. The number of hydrogen-bond donors (Lipinski definition) is 2. The highest BCUT2D eigenvalue weighted by atomic mass is 16.1. The maximum atomic E-state index is 11.1. The summed E-state index contributed by atoms with van der Waals surface area (Å²) < 4.78 is 0. The van der Waals surface area contributed by atoms with E-state index in [-0.39, 0.29) is 0 Å². The van der Waals surface area contributed by atoms with Gasteiger partial charge in [-0.25, -0.2) is 5.43 Å². The molecule has 0 radical (unpaired) electrons. The van der Waals surface area contributed by atoms with Crippen molar-refractivity contribution in [3.05, 3.63) is 29.8 Å². The molecule has 0 atom stereocenters. The first-order valence-corrected chi connectivity index (χ1v) is 4.24. The number of nitrogens with two attached hydrogens (primary N) is 1. The van der Waals surface area contributed by atoms with E-state index in [2.05, 4.69) is 10.5 Å². The Morgan fingerprint density at radius 3 is 2.93 bits per heavy atom. The standard InChI is InChI=1S/C9H10N4O/c10-9(14)7-3-1-2-4-8(7)13-11-5-6-12-13/h1-5,12H,6H2,(H2,10,14). The summed E-state index contributed by atoms with van der Waals surface area (Å²) in [6.45, 7) is 0.660. The van der Waals surface area contributed by atoms with Crippen molar-refractivity contribution in [2.24, 2.45) is 10.8 Å². The zero-order valence-corrected chi connectivity index (χ0v) is 7.47. The third-order valence-corrected chi connectivity index (χ3v) is 1.93. The van der Waals surface area contributed by atoms with Crippen LogP contribution in [0, 0.1) is 0 Å². The van der Waals surface area contributed by atoms with E-state index in [4.69, 9.17) is 5.73 Å². The van der Waals surface area contributed by atoms with Gasteiger partial charge in [-0.1, -0.05) is 12.1 Å². The number of primary amides is 1. The average molecular weight is 190 g/mol. The van der Waals surface area contributed by atoms with Gasteiger partial charge in [0.25, 0.3) is 5.91 Å². The van der Waals surface area contributed by atoms with Crippen LogP contribution in [0.15, 0.2) is 29.4 Å². The average Bonchev–Trinajstić information content (AvgIpc) is 2.70. The molecule has 0 spiro atoms. The van der Waals surface area contributed by atoms with E-state index in [9.17, 15) is 4.79 Å². The number of para-hydroxylation sites is 1. The first-order valence-electron chi connectivity index (χ1n) is 4.24. The first-order chi connectivity index (χ1) is 6.79. The Bertz CT molecular complexity index is 388. The van der Waals surface area contributed by atoms with Gasteiger partial charge in [0.05, 0.1) is 17.8 Å². The number of nitrogens with one attached hydrogen (secondary N) is 1. The highest BCUT2D eigenvalue weighted by Crippen LogP contribution is 2.19. The number of amides is 1. The van der Waals surface area contributed by atoms with Crippen molar-refractivity contribution in [1.82, 2.24) is 5.43 Å². The number of carbonyl (C=O) groups excluding carboxylic acids is 1. The maximum Gasteiger partial charge on any atom is 0.250 e. The lowest BCUT2D eigenvalue weighted by atomic mass is 10.2. The fourth-order valence-corrected chi connectivity index (χ4v) is 1.30. The van der Waals surface area contributed by atoms with E-state index in [0.717, 1.165) is 0 Å². The zero-order chi connectivity index (χ0) is 9.97. The lowest BCUT2D eigenvalue weighted by molar-refractivity contribution is 0.100. The van der Waals surface area contributed by atoms with E-state index in [1.54, 1.807) is 29.5 Å². The predicted octanol–water partition coefficient (Wildman–Crippen LogP) is 0.0959. The molecule has 1 aliphatic rings. The minimum Gasteiger partial charge on any atom is -0.366 e. The number of nitrogens with zero attached hydrogens (tertiary/aromatic N) is 2. The van der Waals surface area contributed by atoms with Gasteiger partial charge in [-0.15, -0.1) is 0 Å². The van der Waals surface area contributed by atoms with Gasteiger partial charge in [0, 0.05) is 6.21 Å². The third kappa shape index (κ3) is 1.45. The normalized spacial score (nSPS) is 14.7. The van der Waals surface area contributed by atoms with Gasteiger partial charge < -0.3 is 5.73 Å². The van der Waals surface area contributed by atoms with Gasteiger partial charge >= 0.3 is 0 Å². The van der Waals surface area contributed by atoms with Crippen molar-refractivity contribution in [2.75, 3.05) is 11.7 Å². The molecule has 1 aliphatic heterocycles. The van der Waals surface area contributed by atoms with Gasteiger partial charge in [-0.2, -0.15) is 10.2 Å². The van der Waals surface area contributed by atoms with Crippen LogP contribution in [0.1, 0.15) is 10.4 Å². The topological polar surface area (TPSA) is 70.7 Å². The van der Waals surface area contributed by atoms with Crippen LogP contribution in [-0.2, 0) is 0 Å².